The average Bonchev–Trinajstić information content (AvgIpc) is 3.36. The van der Waals surface area contributed by atoms with Gasteiger partial charge in [-0.25, -0.2) is 9.18 Å². The number of carbonyl (C=O) groups excluding carboxylic acids is 3. The molecule has 2 heterocycles. The summed E-state index contributed by atoms with van der Waals surface area (Å²) in [6, 6.07) is 17.6. The third-order valence-electron chi connectivity index (χ3n) is 5.25. The van der Waals surface area contributed by atoms with Crippen molar-refractivity contribution < 1.29 is 18.8 Å². The number of hydrogen-bond donors (Lipinski definition) is 1. The molecule has 2 aromatic carbocycles. The molecule has 0 aliphatic carbocycles. The van der Waals surface area contributed by atoms with Crippen molar-refractivity contribution in [3.63, 3.8) is 0 Å². The van der Waals surface area contributed by atoms with Gasteiger partial charge >= 0.3 is 6.03 Å². The van der Waals surface area contributed by atoms with Gasteiger partial charge in [-0.1, -0.05) is 36.4 Å². The van der Waals surface area contributed by atoms with Crippen molar-refractivity contribution in [2.24, 2.45) is 0 Å². The molecule has 1 saturated heterocycles. The highest BCUT2D eigenvalue weighted by molar-refractivity contribution is 7.09. The smallest absolute Gasteiger partial charge is 0.319 e. The third-order valence-corrected chi connectivity index (χ3v) is 6.11. The van der Waals surface area contributed by atoms with Crippen LogP contribution in [0.4, 0.5) is 14.9 Å². The van der Waals surface area contributed by atoms with Crippen LogP contribution in [-0.2, 0) is 21.7 Å². The number of anilines is 1. The van der Waals surface area contributed by atoms with Crippen molar-refractivity contribution in [2.75, 3.05) is 11.4 Å². The molecule has 1 N–H and O–H groups in total. The van der Waals surface area contributed by atoms with E-state index in [1.165, 1.54) is 40.5 Å². The molecule has 0 saturated carbocycles. The Bertz CT molecular complexity index is 1100. The van der Waals surface area contributed by atoms with Crippen LogP contribution >= 0.6 is 11.3 Å². The zero-order chi connectivity index (χ0) is 22.0. The first-order chi connectivity index (χ1) is 14.9. The van der Waals surface area contributed by atoms with Crippen LogP contribution in [0, 0.1) is 5.82 Å². The van der Waals surface area contributed by atoms with Crippen molar-refractivity contribution in [3.05, 3.63) is 88.4 Å². The molecule has 1 aliphatic rings. The van der Waals surface area contributed by atoms with Crippen molar-refractivity contribution in [2.45, 2.75) is 19.0 Å². The summed E-state index contributed by atoms with van der Waals surface area (Å²) in [7, 11) is 0. The van der Waals surface area contributed by atoms with E-state index in [0.29, 0.717) is 11.3 Å². The number of halogens is 1. The van der Waals surface area contributed by atoms with Crippen LogP contribution in [0.5, 0.6) is 0 Å². The maximum absolute atomic E-state index is 13.4. The van der Waals surface area contributed by atoms with E-state index in [-0.39, 0.29) is 6.54 Å². The number of rotatable bonds is 6. The van der Waals surface area contributed by atoms with Gasteiger partial charge in [0.15, 0.2) is 0 Å². The lowest BCUT2D eigenvalue weighted by atomic mass is 9.92. The molecule has 8 heteroatoms. The van der Waals surface area contributed by atoms with Gasteiger partial charge in [0.25, 0.3) is 5.91 Å². The predicted octanol–water partition coefficient (Wildman–Crippen LogP) is 3.89. The van der Waals surface area contributed by atoms with Gasteiger partial charge in [0.2, 0.25) is 5.91 Å². The Morgan fingerprint density at radius 3 is 2.42 bits per heavy atom. The fourth-order valence-corrected chi connectivity index (χ4v) is 4.22. The summed E-state index contributed by atoms with van der Waals surface area (Å²) in [5.74, 6) is -1.35. The standard InChI is InChI=1S/C23H20FN3O3S/c1-23(16-6-3-2-4-7-16)21(29)27(22(30)25-23)15-20(28)26(14-19-8-5-13-31-19)18-11-9-17(24)10-12-18/h2-13H,14-15H2,1H3,(H,25,30). The highest BCUT2D eigenvalue weighted by atomic mass is 32.1. The third kappa shape index (κ3) is 4.06. The Labute approximate surface area is 182 Å². The molecule has 0 radical (unpaired) electrons. The summed E-state index contributed by atoms with van der Waals surface area (Å²) >= 11 is 1.48. The number of amides is 4. The normalized spacial score (nSPS) is 18.2. The minimum absolute atomic E-state index is 0.252. The molecule has 0 spiro atoms. The fourth-order valence-electron chi connectivity index (χ4n) is 3.53. The number of imide groups is 1. The molecule has 1 aliphatic heterocycles. The Balaban J connectivity index is 1.58. The summed E-state index contributed by atoms with van der Waals surface area (Å²) in [6.07, 6.45) is 0. The van der Waals surface area contributed by atoms with Gasteiger partial charge in [-0.15, -0.1) is 11.3 Å². The first kappa shape index (κ1) is 20.7. The molecular formula is C23H20FN3O3S. The van der Waals surface area contributed by atoms with Crippen molar-refractivity contribution in [1.29, 1.82) is 0 Å². The molecule has 4 amide bonds. The van der Waals surface area contributed by atoms with E-state index in [1.54, 1.807) is 31.2 Å². The molecule has 6 nitrogen and oxygen atoms in total. The van der Waals surface area contributed by atoms with Crippen molar-refractivity contribution in [3.8, 4) is 0 Å². The summed E-state index contributed by atoms with van der Waals surface area (Å²) in [4.78, 5) is 42.2. The number of urea groups is 1. The molecule has 0 bridgehead atoms. The van der Waals surface area contributed by atoms with E-state index >= 15 is 0 Å². The molecule has 31 heavy (non-hydrogen) atoms. The van der Waals surface area contributed by atoms with E-state index < -0.39 is 35.7 Å². The molecule has 3 aromatic rings. The number of carbonyl (C=O) groups is 3. The zero-order valence-corrected chi connectivity index (χ0v) is 17.6. The van der Waals surface area contributed by atoms with Crippen LogP contribution in [-0.4, -0.2) is 29.3 Å². The maximum Gasteiger partial charge on any atom is 0.325 e. The largest absolute Gasteiger partial charge is 0.325 e. The average molecular weight is 437 g/mol. The van der Waals surface area contributed by atoms with Crippen LogP contribution in [0.15, 0.2) is 72.1 Å². The number of nitrogens with one attached hydrogen (secondary N) is 1. The van der Waals surface area contributed by atoms with Gasteiger partial charge < -0.3 is 10.2 Å². The first-order valence-electron chi connectivity index (χ1n) is 9.66. The predicted molar refractivity (Wildman–Crippen MR) is 116 cm³/mol. The fraction of sp³-hybridized carbons (Fsp3) is 0.174. The molecule has 4 rings (SSSR count). The summed E-state index contributed by atoms with van der Waals surface area (Å²) in [5, 5.41) is 4.60. The molecule has 1 aromatic heterocycles. The molecule has 1 atom stereocenters. The summed E-state index contributed by atoms with van der Waals surface area (Å²) < 4.78 is 13.4. The lowest BCUT2D eigenvalue weighted by molar-refractivity contribution is -0.134. The van der Waals surface area contributed by atoms with Crippen molar-refractivity contribution >= 4 is 34.9 Å². The van der Waals surface area contributed by atoms with Crippen LogP contribution < -0.4 is 10.2 Å². The first-order valence-corrected chi connectivity index (χ1v) is 10.5. The number of nitrogens with zero attached hydrogens (tertiary/aromatic N) is 2. The lowest BCUT2D eigenvalue weighted by Gasteiger charge is -2.25. The number of hydrogen-bond acceptors (Lipinski definition) is 4. The Morgan fingerprint density at radius 1 is 1.06 bits per heavy atom. The molecule has 1 fully saturated rings. The van der Waals surface area contributed by atoms with E-state index in [0.717, 1.165) is 9.78 Å². The van der Waals surface area contributed by atoms with Gasteiger partial charge in [-0.2, -0.15) is 0 Å². The van der Waals surface area contributed by atoms with Crippen LogP contribution in [0.2, 0.25) is 0 Å². The highest BCUT2D eigenvalue weighted by Gasteiger charge is 2.49. The maximum atomic E-state index is 13.4. The SMILES string of the molecule is CC1(c2ccccc2)NC(=O)N(CC(=O)N(Cc2cccs2)c2ccc(F)cc2)C1=O. The number of benzene rings is 2. The second-order valence-electron chi connectivity index (χ2n) is 7.35. The van der Waals surface area contributed by atoms with Gasteiger partial charge in [-0.05, 0) is 48.2 Å². The van der Waals surface area contributed by atoms with E-state index in [4.69, 9.17) is 0 Å². The van der Waals surface area contributed by atoms with Crippen LogP contribution in [0.1, 0.15) is 17.4 Å². The molecular weight excluding hydrogens is 417 g/mol. The van der Waals surface area contributed by atoms with Gasteiger partial charge in [-0.3, -0.25) is 14.5 Å². The second-order valence-corrected chi connectivity index (χ2v) is 8.38. The Kier molecular flexibility index (Phi) is 5.56. The van der Waals surface area contributed by atoms with E-state index in [1.807, 2.05) is 23.6 Å². The summed E-state index contributed by atoms with van der Waals surface area (Å²) in [5.41, 5.74) is -0.123. The minimum atomic E-state index is -1.24. The Hall–Kier alpha value is -3.52. The second kappa shape index (κ2) is 8.31. The number of thiophene rings is 1. The minimum Gasteiger partial charge on any atom is -0.319 e. The lowest BCUT2D eigenvalue weighted by Crippen LogP contribution is -2.44. The van der Waals surface area contributed by atoms with Crippen LogP contribution in [0.3, 0.4) is 0 Å². The molecule has 158 valence electrons. The van der Waals surface area contributed by atoms with Crippen LogP contribution in [0.25, 0.3) is 0 Å². The van der Waals surface area contributed by atoms with Gasteiger partial charge in [0.1, 0.15) is 17.9 Å². The highest BCUT2D eigenvalue weighted by Crippen LogP contribution is 2.29. The van der Waals surface area contributed by atoms with E-state index in [2.05, 4.69) is 5.32 Å². The quantitative estimate of drug-likeness (QED) is 0.595. The van der Waals surface area contributed by atoms with E-state index in [9.17, 15) is 18.8 Å². The monoisotopic (exact) mass is 437 g/mol. The molecule has 1 unspecified atom stereocenters. The van der Waals surface area contributed by atoms with Crippen molar-refractivity contribution in [1.82, 2.24) is 10.2 Å². The van der Waals surface area contributed by atoms with Gasteiger partial charge in [0.05, 0.1) is 6.54 Å². The summed E-state index contributed by atoms with van der Waals surface area (Å²) in [6.45, 7) is 1.45. The Morgan fingerprint density at radius 2 is 1.77 bits per heavy atom. The topological polar surface area (TPSA) is 69.7 Å². The van der Waals surface area contributed by atoms with Gasteiger partial charge in [0, 0.05) is 10.6 Å². The zero-order valence-electron chi connectivity index (χ0n) is 16.7.